The number of piperidine rings is 1. The summed E-state index contributed by atoms with van der Waals surface area (Å²) in [7, 11) is 1.53. The molecule has 2 aromatic carbocycles. The van der Waals surface area contributed by atoms with Crippen molar-refractivity contribution >= 4 is 29.1 Å². The summed E-state index contributed by atoms with van der Waals surface area (Å²) in [5, 5.41) is 3.55. The lowest BCUT2D eigenvalue weighted by Crippen LogP contribution is -2.43. The molecule has 2 aromatic rings. The zero-order valence-corrected chi connectivity index (χ0v) is 19.6. The minimum absolute atomic E-state index is 0.0414. The maximum atomic E-state index is 12.9. The number of likely N-dealkylation sites (tertiary alicyclic amines) is 1. The Morgan fingerprint density at radius 1 is 1.06 bits per heavy atom. The van der Waals surface area contributed by atoms with Gasteiger partial charge in [0.25, 0.3) is 5.91 Å². The van der Waals surface area contributed by atoms with Crippen molar-refractivity contribution in [2.45, 2.75) is 19.4 Å². The third-order valence-corrected chi connectivity index (χ3v) is 6.56. The van der Waals surface area contributed by atoms with Crippen LogP contribution in [0.15, 0.2) is 42.5 Å². The van der Waals surface area contributed by atoms with Gasteiger partial charge in [0.05, 0.1) is 25.9 Å². The van der Waals surface area contributed by atoms with Crippen LogP contribution >= 0.6 is 11.6 Å². The zero-order chi connectivity index (χ0) is 23.2. The van der Waals surface area contributed by atoms with Gasteiger partial charge in [-0.3, -0.25) is 9.59 Å². The van der Waals surface area contributed by atoms with E-state index in [1.807, 2.05) is 0 Å². The van der Waals surface area contributed by atoms with E-state index in [2.05, 4.69) is 34.5 Å². The summed E-state index contributed by atoms with van der Waals surface area (Å²) in [6, 6.07) is 13.3. The van der Waals surface area contributed by atoms with Gasteiger partial charge in [0.1, 0.15) is 5.75 Å². The number of halogens is 1. The molecular formula is C25H30ClN3O4. The molecule has 4 rings (SSSR count). The van der Waals surface area contributed by atoms with E-state index in [0.29, 0.717) is 48.8 Å². The fourth-order valence-electron chi connectivity index (χ4n) is 4.34. The van der Waals surface area contributed by atoms with Crippen molar-refractivity contribution < 1.29 is 19.1 Å². The molecule has 0 bridgehead atoms. The van der Waals surface area contributed by atoms with E-state index < -0.39 is 0 Å². The maximum Gasteiger partial charge on any atom is 0.257 e. The Balaban J connectivity index is 1.26. The Kier molecular flexibility index (Phi) is 7.73. The van der Waals surface area contributed by atoms with Crippen molar-refractivity contribution in [2.24, 2.45) is 5.92 Å². The second kappa shape index (κ2) is 10.9. The van der Waals surface area contributed by atoms with Crippen LogP contribution in [0.2, 0.25) is 5.02 Å². The van der Waals surface area contributed by atoms with E-state index in [1.54, 1.807) is 23.1 Å². The van der Waals surface area contributed by atoms with Crippen LogP contribution in [-0.2, 0) is 16.1 Å². The summed E-state index contributed by atoms with van der Waals surface area (Å²) >= 11 is 6.07. The van der Waals surface area contributed by atoms with Crippen LogP contribution in [0.25, 0.3) is 0 Å². The molecule has 7 nitrogen and oxygen atoms in total. The molecule has 0 aromatic heterocycles. The number of nitrogens with one attached hydrogen (secondary N) is 1. The molecule has 0 spiro atoms. The number of anilines is 1. The van der Waals surface area contributed by atoms with Crippen molar-refractivity contribution in [3.8, 4) is 5.75 Å². The number of carbonyl (C=O) groups is 2. The normalized spacial score (nSPS) is 17.0. The molecule has 33 heavy (non-hydrogen) atoms. The second-order valence-corrected chi connectivity index (χ2v) is 8.83. The lowest BCUT2D eigenvalue weighted by atomic mass is 9.95. The van der Waals surface area contributed by atoms with Crippen molar-refractivity contribution in [3.63, 3.8) is 0 Å². The lowest BCUT2D eigenvalue weighted by Gasteiger charge is -2.31. The number of nitrogens with zero attached hydrogens (tertiary/aromatic N) is 2. The highest BCUT2D eigenvalue weighted by Gasteiger charge is 2.29. The van der Waals surface area contributed by atoms with Crippen molar-refractivity contribution in [2.75, 3.05) is 51.4 Å². The van der Waals surface area contributed by atoms with E-state index in [0.717, 1.165) is 31.9 Å². The molecule has 0 saturated carbocycles. The molecule has 2 saturated heterocycles. The maximum absolute atomic E-state index is 12.9. The first-order chi connectivity index (χ1) is 16.0. The number of benzene rings is 2. The molecule has 2 heterocycles. The van der Waals surface area contributed by atoms with E-state index in [4.69, 9.17) is 21.1 Å². The van der Waals surface area contributed by atoms with Crippen molar-refractivity contribution in [1.29, 1.82) is 0 Å². The topological polar surface area (TPSA) is 71.1 Å². The van der Waals surface area contributed by atoms with Crippen LogP contribution in [0, 0.1) is 5.92 Å². The summed E-state index contributed by atoms with van der Waals surface area (Å²) < 4.78 is 10.7. The van der Waals surface area contributed by atoms with E-state index >= 15 is 0 Å². The van der Waals surface area contributed by atoms with Gasteiger partial charge in [-0.2, -0.15) is 0 Å². The average Bonchev–Trinajstić information content (AvgIpc) is 2.87. The Morgan fingerprint density at radius 3 is 2.42 bits per heavy atom. The molecule has 1 N–H and O–H groups in total. The molecule has 0 atom stereocenters. The van der Waals surface area contributed by atoms with Gasteiger partial charge >= 0.3 is 0 Å². The summed E-state index contributed by atoms with van der Waals surface area (Å²) in [5.74, 6) is 0.333. The average molecular weight is 472 g/mol. The van der Waals surface area contributed by atoms with Crippen LogP contribution in [0.5, 0.6) is 5.75 Å². The molecule has 0 unspecified atom stereocenters. The Morgan fingerprint density at radius 2 is 1.76 bits per heavy atom. The van der Waals surface area contributed by atoms with E-state index in [1.165, 1.54) is 12.8 Å². The number of hydrogen-bond acceptors (Lipinski definition) is 5. The fourth-order valence-corrected chi connectivity index (χ4v) is 4.51. The number of carbonyl (C=O) groups excluding carboxylic acids is 2. The molecular weight excluding hydrogens is 442 g/mol. The molecule has 2 aliphatic heterocycles. The third-order valence-electron chi connectivity index (χ3n) is 6.32. The summed E-state index contributed by atoms with van der Waals surface area (Å²) in [5.41, 5.74) is 2.70. The first-order valence-corrected chi connectivity index (χ1v) is 11.7. The molecule has 176 valence electrons. The summed E-state index contributed by atoms with van der Waals surface area (Å²) in [6.07, 6.45) is 1.27. The number of morpholine rings is 1. The zero-order valence-electron chi connectivity index (χ0n) is 18.9. The number of ether oxygens (including phenoxy) is 2. The van der Waals surface area contributed by atoms with Gasteiger partial charge in [0, 0.05) is 49.4 Å². The molecule has 8 heteroatoms. The van der Waals surface area contributed by atoms with E-state index in [9.17, 15) is 9.59 Å². The standard InChI is InChI=1S/C25H30ClN3O4/c1-32-23-7-4-20(26)16-22(23)25(31)29-10-8-19(9-11-29)24(30)27-17-18-2-5-21(6-3-18)28-12-14-33-15-13-28/h2-7,16,19H,8-15,17H2,1H3,(H,27,30). The Hall–Kier alpha value is -2.77. The van der Waals surface area contributed by atoms with Crippen molar-refractivity contribution in [1.82, 2.24) is 10.2 Å². The molecule has 2 fully saturated rings. The Labute approximate surface area is 199 Å². The molecule has 2 aliphatic rings. The SMILES string of the molecule is COc1ccc(Cl)cc1C(=O)N1CCC(C(=O)NCc2ccc(N3CCOCC3)cc2)CC1. The third kappa shape index (κ3) is 5.78. The predicted octanol–water partition coefficient (Wildman–Crippen LogP) is 3.35. The van der Waals surface area contributed by atoms with Crippen molar-refractivity contribution in [3.05, 3.63) is 58.6 Å². The van der Waals surface area contributed by atoms with E-state index in [-0.39, 0.29) is 17.7 Å². The minimum Gasteiger partial charge on any atom is -0.496 e. The highest BCUT2D eigenvalue weighted by atomic mass is 35.5. The molecule has 0 radical (unpaired) electrons. The van der Waals surface area contributed by atoms with Gasteiger partial charge < -0.3 is 24.6 Å². The highest BCUT2D eigenvalue weighted by Crippen LogP contribution is 2.26. The highest BCUT2D eigenvalue weighted by molar-refractivity contribution is 6.31. The predicted molar refractivity (Wildman–Crippen MR) is 128 cm³/mol. The van der Waals surface area contributed by atoms with Crippen LogP contribution in [-0.4, -0.2) is 63.2 Å². The first-order valence-electron chi connectivity index (χ1n) is 11.4. The van der Waals surface area contributed by atoms with Gasteiger partial charge in [-0.05, 0) is 48.7 Å². The van der Waals surface area contributed by atoms with Gasteiger partial charge in [0.15, 0.2) is 0 Å². The van der Waals surface area contributed by atoms with Gasteiger partial charge in [0.2, 0.25) is 5.91 Å². The first kappa shape index (κ1) is 23.4. The number of hydrogen-bond donors (Lipinski definition) is 1. The van der Waals surface area contributed by atoms with Crippen LogP contribution in [0.1, 0.15) is 28.8 Å². The fraction of sp³-hybridized carbons (Fsp3) is 0.440. The van der Waals surface area contributed by atoms with Crippen LogP contribution in [0.3, 0.4) is 0 Å². The largest absolute Gasteiger partial charge is 0.496 e. The second-order valence-electron chi connectivity index (χ2n) is 8.39. The summed E-state index contributed by atoms with van der Waals surface area (Å²) in [4.78, 5) is 29.7. The molecule has 2 amide bonds. The Bertz CT molecular complexity index is 968. The number of rotatable bonds is 6. The van der Waals surface area contributed by atoms with Gasteiger partial charge in [-0.1, -0.05) is 23.7 Å². The quantitative estimate of drug-likeness (QED) is 0.699. The van der Waals surface area contributed by atoms with Crippen LogP contribution < -0.4 is 15.0 Å². The van der Waals surface area contributed by atoms with Gasteiger partial charge in [-0.25, -0.2) is 0 Å². The van der Waals surface area contributed by atoms with Crippen LogP contribution in [0.4, 0.5) is 5.69 Å². The minimum atomic E-state index is -0.117. The number of amides is 2. The molecule has 0 aliphatic carbocycles. The number of methoxy groups -OCH3 is 1. The van der Waals surface area contributed by atoms with Gasteiger partial charge in [-0.15, -0.1) is 0 Å². The smallest absolute Gasteiger partial charge is 0.257 e. The monoisotopic (exact) mass is 471 g/mol. The lowest BCUT2D eigenvalue weighted by molar-refractivity contribution is -0.126. The summed E-state index contributed by atoms with van der Waals surface area (Å²) in [6.45, 7) is 4.88.